The summed E-state index contributed by atoms with van der Waals surface area (Å²) in [4.78, 5) is 42.8. The van der Waals surface area contributed by atoms with E-state index in [0.717, 1.165) is 16.9 Å². The lowest BCUT2D eigenvalue weighted by Gasteiger charge is -2.14. The van der Waals surface area contributed by atoms with Gasteiger partial charge in [-0.2, -0.15) is 0 Å². The second-order valence-electron chi connectivity index (χ2n) is 6.74. The van der Waals surface area contributed by atoms with Crippen LogP contribution in [-0.2, 0) is 4.84 Å². The summed E-state index contributed by atoms with van der Waals surface area (Å²) >= 11 is 0. The Bertz CT molecular complexity index is 1110. The highest BCUT2D eigenvalue weighted by Crippen LogP contribution is 2.26. The fourth-order valence-corrected chi connectivity index (χ4v) is 3.54. The van der Waals surface area contributed by atoms with Gasteiger partial charge in [0.2, 0.25) is 0 Å². The van der Waals surface area contributed by atoms with Gasteiger partial charge in [0.1, 0.15) is 0 Å². The molecular weight excluding hydrogens is 356 g/mol. The second kappa shape index (κ2) is 6.49. The van der Waals surface area contributed by atoms with Crippen LogP contribution in [0.25, 0.3) is 5.69 Å². The minimum atomic E-state index is -0.748. The Balaban J connectivity index is 1.66. The van der Waals surface area contributed by atoms with Gasteiger partial charge in [0.25, 0.3) is 11.8 Å². The average Bonchev–Trinajstić information content (AvgIpc) is 3.11. The van der Waals surface area contributed by atoms with Crippen molar-refractivity contribution in [2.75, 3.05) is 0 Å². The molecule has 0 fully saturated rings. The lowest BCUT2D eigenvalue weighted by molar-refractivity contribution is -0.0585. The van der Waals surface area contributed by atoms with Crippen LogP contribution in [0, 0.1) is 20.8 Å². The van der Waals surface area contributed by atoms with Crippen molar-refractivity contribution in [2.45, 2.75) is 20.8 Å². The summed E-state index contributed by atoms with van der Waals surface area (Å²) in [5.74, 6) is -2.02. The molecular formula is C22H18N2O4. The number of hydrogen-bond donors (Lipinski definition) is 0. The van der Waals surface area contributed by atoms with Crippen molar-refractivity contribution in [3.63, 3.8) is 0 Å². The van der Waals surface area contributed by atoms with Crippen LogP contribution >= 0.6 is 0 Å². The first-order valence-corrected chi connectivity index (χ1v) is 8.85. The van der Waals surface area contributed by atoms with Crippen LogP contribution in [0.15, 0.2) is 54.6 Å². The van der Waals surface area contributed by atoms with Crippen molar-refractivity contribution in [3.05, 3.63) is 88.2 Å². The number of fused-ring (bicyclic) bond motifs is 1. The van der Waals surface area contributed by atoms with Gasteiger partial charge >= 0.3 is 5.97 Å². The molecule has 0 aliphatic carbocycles. The van der Waals surface area contributed by atoms with E-state index in [4.69, 9.17) is 4.84 Å². The van der Waals surface area contributed by atoms with Gasteiger partial charge < -0.3 is 9.40 Å². The number of rotatable bonds is 3. The average molecular weight is 374 g/mol. The quantitative estimate of drug-likeness (QED) is 0.655. The highest BCUT2D eigenvalue weighted by atomic mass is 16.7. The van der Waals surface area contributed by atoms with Crippen LogP contribution < -0.4 is 0 Å². The van der Waals surface area contributed by atoms with E-state index in [-0.39, 0.29) is 11.1 Å². The number of nitrogens with zero attached hydrogens (tertiary/aromatic N) is 2. The van der Waals surface area contributed by atoms with Crippen molar-refractivity contribution >= 4 is 17.8 Å². The van der Waals surface area contributed by atoms with Gasteiger partial charge in [0.15, 0.2) is 0 Å². The summed E-state index contributed by atoms with van der Waals surface area (Å²) in [6.07, 6.45) is 0. The number of aromatic nitrogens is 1. The van der Waals surface area contributed by atoms with Crippen LogP contribution in [0.2, 0.25) is 0 Å². The molecule has 0 spiro atoms. The van der Waals surface area contributed by atoms with Crippen molar-refractivity contribution in [3.8, 4) is 5.69 Å². The van der Waals surface area contributed by atoms with Gasteiger partial charge in [-0.05, 0) is 50.6 Å². The topological polar surface area (TPSA) is 68.6 Å². The standard InChI is InChI=1S/C22H18N2O4/c1-13-8-4-7-11-19(13)23-14(2)12-18(15(23)3)22(27)28-24-20(25)16-9-5-6-10-17(16)21(24)26/h4-12H,1-3H3. The number of para-hydroxylation sites is 1. The molecule has 0 unspecified atom stereocenters. The second-order valence-corrected chi connectivity index (χ2v) is 6.74. The van der Waals surface area contributed by atoms with Crippen LogP contribution in [0.5, 0.6) is 0 Å². The zero-order valence-corrected chi connectivity index (χ0v) is 15.7. The third kappa shape index (κ3) is 2.62. The molecule has 140 valence electrons. The van der Waals surface area contributed by atoms with Crippen LogP contribution in [-0.4, -0.2) is 27.4 Å². The van der Waals surface area contributed by atoms with Crippen molar-refractivity contribution in [1.29, 1.82) is 0 Å². The summed E-state index contributed by atoms with van der Waals surface area (Å²) in [6.45, 7) is 5.68. The van der Waals surface area contributed by atoms with Crippen LogP contribution in [0.1, 0.15) is 48.0 Å². The molecule has 1 aromatic heterocycles. The Morgan fingerprint density at radius 3 is 2.04 bits per heavy atom. The van der Waals surface area contributed by atoms with E-state index in [1.165, 1.54) is 12.1 Å². The maximum Gasteiger partial charge on any atom is 0.365 e. The summed E-state index contributed by atoms with van der Waals surface area (Å²) < 4.78 is 1.95. The van der Waals surface area contributed by atoms with E-state index in [9.17, 15) is 14.4 Å². The Morgan fingerprint density at radius 1 is 0.857 bits per heavy atom. The van der Waals surface area contributed by atoms with E-state index in [0.29, 0.717) is 16.3 Å². The fourth-order valence-electron chi connectivity index (χ4n) is 3.54. The van der Waals surface area contributed by atoms with E-state index in [1.807, 2.05) is 42.7 Å². The van der Waals surface area contributed by atoms with E-state index >= 15 is 0 Å². The molecule has 28 heavy (non-hydrogen) atoms. The molecule has 1 aliphatic rings. The molecule has 2 aromatic carbocycles. The SMILES string of the molecule is Cc1ccccc1-n1c(C)cc(C(=O)ON2C(=O)c3ccccc3C2=O)c1C. The molecule has 0 saturated heterocycles. The molecule has 3 aromatic rings. The third-order valence-electron chi connectivity index (χ3n) is 4.94. The van der Waals surface area contributed by atoms with Crippen molar-refractivity contribution in [1.82, 2.24) is 9.63 Å². The monoisotopic (exact) mass is 374 g/mol. The fraction of sp³-hybridized carbons (Fsp3) is 0.136. The maximum absolute atomic E-state index is 12.8. The molecule has 0 saturated carbocycles. The maximum atomic E-state index is 12.8. The van der Waals surface area contributed by atoms with E-state index in [2.05, 4.69) is 0 Å². The van der Waals surface area contributed by atoms with E-state index in [1.54, 1.807) is 25.1 Å². The number of imide groups is 1. The number of amides is 2. The summed E-state index contributed by atoms with van der Waals surface area (Å²) in [7, 11) is 0. The number of hydrogen-bond acceptors (Lipinski definition) is 4. The van der Waals surface area contributed by atoms with Gasteiger partial charge in [-0.25, -0.2) is 4.79 Å². The van der Waals surface area contributed by atoms with Crippen LogP contribution in [0.3, 0.4) is 0 Å². The molecule has 6 heteroatoms. The minimum absolute atomic E-state index is 0.227. The third-order valence-corrected chi connectivity index (χ3v) is 4.94. The van der Waals surface area contributed by atoms with Gasteiger partial charge in [-0.3, -0.25) is 9.59 Å². The number of hydroxylamine groups is 2. The molecule has 0 radical (unpaired) electrons. The molecule has 0 atom stereocenters. The number of benzene rings is 2. The largest absolute Gasteiger partial charge is 0.365 e. The number of carbonyl (C=O) groups is 3. The van der Waals surface area contributed by atoms with Crippen molar-refractivity contribution < 1.29 is 19.2 Å². The molecule has 0 bridgehead atoms. The lowest BCUT2D eigenvalue weighted by Crippen LogP contribution is -2.32. The predicted molar refractivity (Wildman–Crippen MR) is 102 cm³/mol. The molecule has 0 N–H and O–H groups in total. The van der Waals surface area contributed by atoms with Crippen molar-refractivity contribution in [2.24, 2.45) is 0 Å². The first kappa shape index (κ1) is 17.7. The van der Waals surface area contributed by atoms with E-state index < -0.39 is 17.8 Å². The molecule has 1 aliphatic heterocycles. The minimum Gasteiger partial charge on any atom is -0.324 e. The first-order valence-electron chi connectivity index (χ1n) is 8.85. The number of carbonyl (C=O) groups excluding carboxylic acids is 3. The molecule has 6 nitrogen and oxygen atoms in total. The lowest BCUT2D eigenvalue weighted by atomic mass is 10.1. The van der Waals surface area contributed by atoms with Crippen LogP contribution in [0.4, 0.5) is 0 Å². The van der Waals surface area contributed by atoms with Gasteiger partial charge in [-0.15, -0.1) is 0 Å². The number of aryl methyl sites for hydroxylation is 2. The molecule has 4 rings (SSSR count). The summed E-state index contributed by atoms with van der Waals surface area (Å²) in [5.41, 5.74) is 4.30. The van der Waals surface area contributed by atoms with Gasteiger partial charge in [-0.1, -0.05) is 35.4 Å². The Labute approximate surface area is 161 Å². The Morgan fingerprint density at radius 2 is 1.43 bits per heavy atom. The highest BCUT2D eigenvalue weighted by Gasteiger charge is 2.39. The summed E-state index contributed by atoms with van der Waals surface area (Å²) in [6, 6.07) is 15.9. The van der Waals surface area contributed by atoms with Gasteiger partial charge in [0, 0.05) is 17.1 Å². The molecule has 2 amide bonds. The first-order chi connectivity index (χ1) is 13.4. The Kier molecular flexibility index (Phi) is 4.11. The van der Waals surface area contributed by atoms with Gasteiger partial charge in [0.05, 0.1) is 16.7 Å². The highest BCUT2D eigenvalue weighted by molar-refractivity contribution is 6.21. The zero-order valence-electron chi connectivity index (χ0n) is 15.7. The predicted octanol–water partition coefficient (Wildman–Crippen LogP) is 3.77. The normalized spacial score (nSPS) is 13.0. The molecule has 2 heterocycles. The Hall–Kier alpha value is -3.67. The zero-order chi connectivity index (χ0) is 20.0. The summed E-state index contributed by atoms with van der Waals surface area (Å²) in [5, 5.41) is 0.535. The smallest absolute Gasteiger partial charge is 0.324 e.